The maximum absolute atomic E-state index is 10.3. The smallest absolute Gasteiger partial charge is 0.0842 e. The minimum Gasteiger partial charge on any atom is -0.388 e. The van der Waals surface area contributed by atoms with Crippen LogP contribution in [-0.4, -0.2) is 5.11 Å². The minimum absolute atomic E-state index is 0.436. The molecule has 0 radical (unpaired) electrons. The van der Waals surface area contributed by atoms with Gasteiger partial charge in [0.2, 0.25) is 0 Å². The average molecular weight is 425 g/mol. The van der Waals surface area contributed by atoms with E-state index in [0.717, 1.165) is 20.1 Å². The van der Waals surface area contributed by atoms with Crippen LogP contribution < -0.4 is 0 Å². The van der Waals surface area contributed by atoms with Gasteiger partial charge in [0.05, 0.1) is 6.10 Å². The Morgan fingerprint density at radius 1 is 1.05 bits per heavy atom. The molecular weight excluding hydrogens is 415 g/mol. The first-order valence-electron chi connectivity index (χ1n) is 5.54. The van der Waals surface area contributed by atoms with Crippen LogP contribution in [0.1, 0.15) is 17.2 Å². The third kappa shape index (κ3) is 3.96. The van der Waals surface area contributed by atoms with E-state index in [2.05, 4.69) is 31.9 Å². The van der Waals surface area contributed by atoms with E-state index in [1.165, 1.54) is 0 Å². The summed E-state index contributed by atoms with van der Waals surface area (Å²) in [5, 5.41) is 11.5. The molecule has 2 rings (SSSR count). The summed E-state index contributed by atoms with van der Waals surface area (Å²) < 4.78 is 1.75. The number of halogens is 4. The SMILES string of the molecule is OC(Cc1ccc(Br)cc1Cl)c1cc(Cl)ccc1Br. The Hall–Kier alpha value is -0.0600. The van der Waals surface area contributed by atoms with Crippen molar-refractivity contribution in [3.63, 3.8) is 0 Å². The summed E-state index contributed by atoms with van der Waals surface area (Å²) in [6, 6.07) is 11.0. The lowest BCUT2D eigenvalue weighted by molar-refractivity contribution is 0.177. The zero-order chi connectivity index (χ0) is 14.0. The molecule has 0 saturated heterocycles. The van der Waals surface area contributed by atoms with Crippen molar-refractivity contribution in [1.82, 2.24) is 0 Å². The Kier molecular flexibility index (Phi) is 5.32. The Labute approximate surface area is 138 Å². The zero-order valence-corrected chi connectivity index (χ0v) is 14.4. The first-order chi connectivity index (χ1) is 8.97. The molecule has 0 bridgehead atoms. The van der Waals surface area contributed by atoms with Crippen LogP contribution in [0.5, 0.6) is 0 Å². The van der Waals surface area contributed by atoms with Gasteiger partial charge in [-0.1, -0.05) is 61.1 Å². The number of aliphatic hydroxyl groups is 1. The topological polar surface area (TPSA) is 20.2 Å². The lowest BCUT2D eigenvalue weighted by Gasteiger charge is -2.14. The number of benzene rings is 2. The number of rotatable bonds is 3. The molecule has 0 saturated carbocycles. The van der Waals surface area contributed by atoms with Gasteiger partial charge in [-0.3, -0.25) is 0 Å². The summed E-state index contributed by atoms with van der Waals surface area (Å²) in [7, 11) is 0. The van der Waals surface area contributed by atoms with Crippen LogP contribution in [0.15, 0.2) is 45.3 Å². The van der Waals surface area contributed by atoms with Crippen molar-refractivity contribution in [2.45, 2.75) is 12.5 Å². The van der Waals surface area contributed by atoms with Gasteiger partial charge in [0, 0.05) is 25.4 Å². The molecule has 100 valence electrons. The minimum atomic E-state index is -0.660. The summed E-state index contributed by atoms with van der Waals surface area (Å²) in [5.41, 5.74) is 1.65. The first-order valence-corrected chi connectivity index (χ1v) is 7.88. The van der Waals surface area contributed by atoms with Crippen LogP contribution in [0.25, 0.3) is 0 Å². The Morgan fingerprint density at radius 2 is 1.79 bits per heavy atom. The normalized spacial score (nSPS) is 12.5. The van der Waals surface area contributed by atoms with Gasteiger partial charge < -0.3 is 5.11 Å². The fraction of sp³-hybridized carbons (Fsp3) is 0.143. The van der Waals surface area contributed by atoms with Gasteiger partial charge >= 0.3 is 0 Å². The van der Waals surface area contributed by atoms with Crippen molar-refractivity contribution in [1.29, 1.82) is 0 Å². The molecule has 1 N–H and O–H groups in total. The van der Waals surface area contributed by atoms with E-state index < -0.39 is 6.10 Å². The molecule has 0 amide bonds. The average Bonchev–Trinajstić information content (AvgIpc) is 2.35. The van der Waals surface area contributed by atoms with Crippen LogP contribution in [-0.2, 0) is 6.42 Å². The van der Waals surface area contributed by atoms with E-state index in [9.17, 15) is 5.11 Å². The summed E-state index contributed by atoms with van der Waals surface area (Å²) in [6.07, 6.45) is -0.225. The van der Waals surface area contributed by atoms with E-state index in [1.807, 2.05) is 24.3 Å². The molecule has 1 unspecified atom stereocenters. The maximum atomic E-state index is 10.3. The van der Waals surface area contributed by atoms with E-state index in [-0.39, 0.29) is 0 Å². The highest BCUT2D eigenvalue weighted by Crippen LogP contribution is 2.31. The molecule has 2 aromatic rings. The third-order valence-electron chi connectivity index (χ3n) is 2.75. The van der Waals surface area contributed by atoms with Crippen molar-refractivity contribution in [2.24, 2.45) is 0 Å². The van der Waals surface area contributed by atoms with Crippen LogP contribution in [0.3, 0.4) is 0 Å². The van der Waals surface area contributed by atoms with Gasteiger partial charge in [-0.15, -0.1) is 0 Å². The molecule has 0 heterocycles. The molecule has 0 fully saturated rings. The highest BCUT2D eigenvalue weighted by molar-refractivity contribution is 9.10. The molecule has 0 spiro atoms. The number of hydrogen-bond donors (Lipinski definition) is 1. The van der Waals surface area contributed by atoms with Gasteiger partial charge in [0.1, 0.15) is 0 Å². The molecule has 0 aliphatic heterocycles. The van der Waals surface area contributed by atoms with E-state index in [0.29, 0.717) is 16.5 Å². The lowest BCUT2D eigenvalue weighted by Crippen LogP contribution is -2.03. The van der Waals surface area contributed by atoms with Crippen molar-refractivity contribution in [3.8, 4) is 0 Å². The van der Waals surface area contributed by atoms with Gasteiger partial charge in [0.15, 0.2) is 0 Å². The fourth-order valence-corrected chi connectivity index (χ4v) is 3.22. The monoisotopic (exact) mass is 422 g/mol. The van der Waals surface area contributed by atoms with Crippen LogP contribution in [0.4, 0.5) is 0 Å². The van der Waals surface area contributed by atoms with E-state index in [4.69, 9.17) is 23.2 Å². The summed E-state index contributed by atoms with van der Waals surface area (Å²) in [5.74, 6) is 0. The molecule has 5 heteroatoms. The molecule has 1 atom stereocenters. The van der Waals surface area contributed by atoms with Crippen LogP contribution in [0, 0.1) is 0 Å². The van der Waals surface area contributed by atoms with Crippen molar-refractivity contribution >= 4 is 55.1 Å². The highest BCUT2D eigenvalue weighted by atomic mass is 79.9. The van der Waals surface area contributed by atoms with Gasteiger partial charge in [-0.25, -0.2) is 0 Å². The molecule has 1 nitrogen and oxygen atoms in total. The predicted molar refractivity (Wildman–Crippen MR) is 87.0 cm³/mol. The molecule has 0 aliphatic carbocycles. The zero-order valence-electron chi connectivity index (χ0n) is 9.71. The van der Waals surface area contributed by atoms with Crippen molar-refractivity contribution in [3.05, 3.63) is 66.5 Å². The van der Waals surface area contributed by atoms with Gasteiger partial charge in [0.25, 0.3) is 0 Å². The Balaban J connectivity index is 2.25. The Bertz CT molecular complexity index is 602. The fourth-order valence-electron chi connectivity index (χ4n) is 1.78. The molecule has 0 aliphatic rings. The first kappa shape index (κ1) is 15.3. The molecule has 2 aromatic carbocycles. The highest BCUT2D eigenvalue weighted by Gasteiger charge is 2.14. The van der Waals surface area contributed by atoms with Crippen LogP contribution in [0.2, 0.25) is 10.0 Å². The summed E-state index contributed by atoms with van der Waals surface area (Å²) >= 11 is 18.9. The van der Waals surface area contributed by atoms with Crippen molar-refractivity contribution in [2.75, 3.05) is 0 Å². The molecule has 0 aromatic heterocycles. The van der Waals surface area contributed by atoms with Gasteiger partial charge in [-0.05, 0) is 41.5 Å². The third-order valence-corrected chi connectivity index (χ3v) is 4.55. The number of aliphatic hydroxyl groups excluding tert-OH is 1. The second kappa shape index (κ2) is 6.59. The molecular formula is C14H10Br2Cl2O. The van der Waals surface area contributed by atoms with E-state index in [1.54, 1.807) is 12.1 Å². The second-order valence-corrected chi connectivity index (χ2v) is 6.74. The van der Waals surface area contributed by atoms with Crippen molar-refractivity contribution < 1.29 is 5.11 Å². The van der Waals surface area contributed by atoms with E-state index >= 15 is 0 Å². The van der Waals surface area contributed by atoms with Gasteiger partial charge in [-0.2, -0.15) is 0 Å². The number of hydrogen-bond acceptors (Lipinski definition) is 1. The predicted octanol–water partition coefficient (Wildman–Crippen LogP) is 5.79. The lowest BCUT2D eigenvalue weighted by atomic mass is 10.0. The Morgan fingerprint density at radius 3 is 2.47 bits per heavy atom. The molecule has 19 heavy (non-hydrogen) atoms. The summed E-state index contributed by atoms with van der Waals surface area (Å²) in [6.45, 7) is 0. The second-order valence-electron chi connectivity index (χ2n) is 4.12. The maximum Gasteiger partial charge on any atom is 0.0842 e. The largest absolute Gasteiger partial charge is 0.388 e. The summed E-state index contributed by atoms with van der Waals surface area (Å²) in [4.78, 5) is 0. The standard InChI is InChI=1S/C14H10Br2Cl2O/c15-9-2-1-8(13(18)6-9)5-14(19)11-7-10(17)3-4-12(11)16/h1-4,6-7,14,19H,5H2. The quantitative estimate of drug-likeness (QED) is 0.660. The van der Waals surface area contributed by atoms with Crippen LogP contribution >= 0.6 is 55.1 Å².